The van der Waals surface area contributed by atoms with Crippen LogP contribution in [0.5, 0.6) is 0 Å². The molecule has 1 heterocycles. The summed E-state index contributed by atoms with van der Waals surface area (Å²) in [6, 6.07) is 3.65. The van der Waals surface area contributed by atoms with Gasteiger partial charge in [-0.2, -0.15) is 0 Å². The maximum Gasteiger partial charge on any atom is 0.192 e. The molecule has 78 valence electrons. The van der Waals surface area contributed by atoms with Crippen molar-refractivity contribution in [3.8, 4) is 0 Å². The number of rotatable bonds is 5. The molecule has 0 amide bonds. The highest BCUT2D eigenvalue weighted by Crippen LogP contribution is 2.00. The number of aromatic amines is 1. The summed E-state index contributed by atoms with van der Waals surface area (Å²) in [6.45, 7) is 5.73. The van der Waals surface area contributed by atoms with E-state index in [2.05, 4.69) is 18.8 Å². The van der Waals surface area contributed by atoms with Crippen molar-refractivity contribution in [3.05, 3.63) is 24.0 Å². The van der Waals surface area contributed by atoms with E-state index in [-0.39, 0.29) is 5.78 Å². The summed E-state index contributed by atoms with van der Waals surface area (Å²) in [4.78, 5) is 16.6. The summed E-state index contributed by atoms with van der Waals surface area (Å²) in [5.41, 5.74) is 0.695. The molecule has 1 aromatic heterocycles. The summed E-state index contributed by atoms with van der Waals surface area (Å²) in [5, 5.41) is 0. The highest BCUT2D eigenvalue weighted by Gasteiger charge is 2.10. The Labute approximate surface area is 85.1 Å². The molecule has 0 fully saturated rings. The Bertz CT molecular complexity index is 277. The molecular weight excluding hydrogens is 176 g/mol. The number of Topliss-reactive ketones (excluding diaryl/α,β-unsaturated/α-hetero) is 1. The first kappa shape index (κ1) is 11.0. The number of hydrogen-bond acceptors (Lipinski definition) is 2. The fourth-order valence-electron chi connectivity index (χ4n) is 1.52. The lowest BCUT2D eigenvalue weighted by Crippen LogP contribution is -2.29. The van der Waals surface area contributed by atoms with Gasteiger partial charge in [0.05, 0.1) is 12.2 Å². The summed E-state index contributed by atoms with van der Waals surface area (Å²) < 4.78 is 0. The third-order valence-electron chi connectivity index (χ3n) is 1.99. The molecule has 0 aliphatic carbocycles. The maximum absolute atomic E-state index is 11.6. The fraction of sp³-hybridized carbons (Fsp3) is 0.545. The Hall–Kier alpha value is -1.09. The molecular formula is C11H18N2O. The van der Waals surface area contributed by atoms with Gasteiger partial charge in [-0.15, -0.1) is 0 Å². The number of nitrogens with one attached hydrogen (secondary N) is 1. The van der Waals surface area contributed by atoms with Crippen molar-refractivity contribution in [2.75, 3.05) is 20.1 Å². The third kappa shape index (κ3) is 3.34. The van der Waals surface area contributed by atoms with Crippen molar-refractivity contribution in [3.63, 3.8) is 0 Å². The van der Waals surface area contributed by atoms with Crippen molar-refractivity contribution in [1.29, 1.82) is 0 Å². The highest BCUT2D eigenvalue weighted by atomic mass is 16.1. The number of carbonyl (C=O) groups excluding carboxylic acids is 1. The molecule has 0 atom stereocenters. The van der Waals surface area contributed by atoms with E-state index in [1.165, 1.54) is 0 Å². The zero-order chi connectivity index (χ0) is 10.6. The van der Waals surface area contributed by atoms with Crippen LogP contribution >= 0.6 is 0 Å². The van der Waals surface area contributed by atoms with Crippen molar-refractivity contribution in [2.45, 2.75) is 13.8 Å². The van der Waals surface area contributed by atoms with Gasteiger partial charge in [0.2, 0.25) is 0 Å². The molecule has 0 radical (unpaired) electrons. The van der Waals surface area contributed by atoms with Gasteiger partial charge < -0.3 is 4.98 Å². The van der Waals surface area contributed by atoms with Crippen LogP contribution < -0.4 is 0 Å². The smallest absolute Gasteiger partial charge is 0.192 e. The molecule has 1 N–H and O–H groups in total. The van der Waals surface area contributed by atoms with E-state index in [9.17, 15) is 4.79 Å². The molecule has 0 aliphatic rings. The number of H-pyrrole nitrogens is 1. The third-order valence-corrected chi connectivity index (χ3v) is 1.99. The Morgan fingerprint density at radius 1 is 1.57 bits per heavy atom. The summed E-state index contributed by atoms with van der Waals surface area (Å²) in [6.07, 6.45) is 1.77. The molecule has 0 saturated carbocycles. The van der Waals surface area contributed by atoms with Gasteiger partial charge in [-0.1, -0.05) is 13.8 Å². The van der Waals surface area contributed by atoms with Crippen LogP contribution in [0.25, 0.3) is 0 Å². The lowest BCUT2D eigenvalue weighted by Gasteiger charge is -2.17. The monoisotopic (exact) mass is 194 g/mol. The number of aromatic nitrogens is 1. The molecule has 14 heavy (non-hydrogen) atoms. The Balaban J connectivity index is 2.41. The SMILES string of the molecule is CC(C)CN(C)CC(=O)c1ccc[nH]1. The first-order valence-electron chi connectivity index (χ1n) is 4.94. The van der Waals surface area contributed by atoms with Crippen LogP contribution in [0.15, 0.2) is 18.3 Å². The van der Waals surface area contributed by atoms with E-state index in [1.807, 2.05) is 24.1 Å². The Morgan fingerprint density at radius 2 is 2.29 bits per heavy atom. The molecule has 0 aliphatic heterocycles. The van der Waals surface area contributed by atoms with Crippen LogP contribution in [0, 0.1) is 5.92 Å². The van der Waals surface area contributed by atoms with Crippen molar-refractivity contribution < 1.29 is 4.79 Å². The second-order valence-corrected chi connectivity index (χ2v) is 4.10. The summed E-state index contributed by atoms with van der Waals surface area (Å²) >= 11 is 0. The molecule has 1 rings (SSSR count). The standard InChI is InChI=1S/C11H18N2O/c1-9(2)7-13(3)8-11(14)10-5-4-6-12-10/h4-6,9,12H,7-8H2,1-3H3. The van der Waals surface area contributed by atoms with E-state index in [0.29, 0.717) is 18.2 Å². The molecule has 1 aromatic rings. The van der Waals surface area contributed by atoms with E-state index in [1.54, 1.807) is 6.20 Å². The van der Waals surface area contributed by atoms with Crippen LogP contribution in [0.1, 0.15) is 24.3 Å². The van der Waals surface area contributed by atoms with E-state index < -0.39 is 0 Å². The number of hydrogen-bond donors (Lipinski definition) is 1. The van der Waals surface area contributed by atoms with Gasteiger partial charge >= 0.3 is 0 Å². The largest absolute Gasteiger partial charge is 0.359 e. The minimum Gasteiger partial charge on any atom is -0.359 e. The minimum atomic E-state index is 0.151. The van der Waals surface area contributed by atoms with Gasteiger partial charge in [0.1, 0.15) is 0 Å². The van der Waals surface area contributed by atoms with Crippen LogP contribution in [-0.4, -0.2) is 35.8 Å². The molecule has 3 nitrogen and oxygen atoms in total. The molecule has 0 bridgehead atoms. The van der Waals surface area contributed by atoms with Crippen LogP contribution in [0.3, 0.4) is 0 Å². The highest BCUT2D eigenvalue weighted by molar-refractivity contribution is 5.95. The number of carbonyl (C=O) groups is 1. The van der Waals surface area contributed by atoms with Crippen LogP contribution in [-0.2, 0) is 0 Å². The lowest BCUT2D eigenvalue weighted by atomic mass is 10.2. The average Bonchev–Trinajstić information content (AvgIpc) is 2.53. The van der Waals surface area contributed by atoms with E-state index in [4.69, 9.17) is 0 Å². The Kier molecular flexibility index (Phi) is 3.89. The Morgan fingerprint density at radius 3 is 2.79 bits per heavy atom. The lowest BCUT2D eigenvalue weighted by molar-refractivity contribution is 0.0936. The quantitative estimate of drug-likeness (QED) is 0.725. The topological polar surface area (TPSA) is 36.1 Å². The summed E-state index contributed by atoms with van der Waals surface area (Å²) in [7, 11) is 1.97. The normalized spacial score (nSPS) is 11.2. The van der Waals surface area contributed by atoms with E-state index in [0.717, 1.165) is 6.54 Å². The number of nitrogens with zero attached hydrogens (tertiary/aromatic N) is 1. The second-order valence-electron chi connectivity index (χ2n) is 4.10. The number of ketones is 1. The van der Waals surface area contributed by atoms with Gasteiger partial charge in [0, 0.05) is 12.7 Å². The molecule has 0 saturated heterocycles. The van der Waals surface area contributed by atoms with Gasteiger partial charge in [-0.25, -0.2) is 0 Å². The van der Waals surface area contributed by atoms with Crippen LogP contribution in [0.2, 0.25) is 0 Å². The summed E-state index contributed by atoms with van der Waals surface area (Å²) in [5.74, 6) is 0.745. The zero-order valence-electron chi connectivity index (χ0n) is 9.08. The molecule has 0 spiro atoms. The van der Waals surface area contributed by atoms with Gasteiger partial charge in [-0.05, 0) is 25.1 Å². The molecule has 3 heteroatoms. The predicted octanol–water partition coefficient (Wildman–Crippen LogP) is 1.79. The maximum atomic E-state index is 11.6. The van der Waals surface area contributed by atoms with Gasteiger partial charge in [-0.3, -0.25) is 9.69 Å². The first-order valence-corrected chi connectivity index (χ1v) is 4.94. The van der Waals surface area contributed by atoms with Crippen molar-refractivity contribution in [1.82, 2.24) is 9.88 Å². The predicted molar refractivity (Wildman–Crippen MR) is 57.5 cm³/mol. The zero-order valence-corrected chi connectivity index (χ0v) is 9.08. The van der Waals surface area contributed by atoms with Gasteiger partial charge in [0.15, 0.2) is 5.78 Å². The molecule has 0 unspecified atom stereocenters. The number of likely N-dealkylation sites (N-methyl/N-ethyl adjacent to an activating group) is 1. The van der Waals surface area contributed by atoms with Crippen LogP contribution in [0.4, 0.5) is 0 Å². The first-order chi connectivity index (χ1) is 6.59. The van der Waals surface area contributed by atoms with E-state index >= 15 is 0 Å². The molecule has 0 aromatic carbocycles. The minimum absolute atomic E-state index is 0.151. The average molecular weight is 194 g/mol. The fourth-order valence-corrected chi connectivity index (χ4v) is 1.52. The van der Waals surface area contributed by atoms with Gasteiger partial charge in [0.25, 0.3) is 0 Å². The van der Waals surface area contributed by atoms with Crippen molar-refractivity contribution in [2.24, 2.45) is 5.92 Å². The second kappa shape index (κ2) is 4.96. The van der Waals surface area contributed by atoms with Crippen molar-refractivity contribution >= 4 is 5.78 Å².